The van der Waals surface area contributed by atoms with Crippen molar-refractivity contribution < 1.29 is 32.3 Å². The summed E-state index contributed by atoms with van der Waals surface area (Å²) in [5.41, 5.74) is -0.558. The van der Waals surface area contributed by atoms with Crippen LogP contribution >= 0.6 is 0 Å². The molecule has 0 aliphatic rings. The SMILES string of the molecule is Cn1c(C(=O)NCc2ocnc2C(=O)O)cc2cc(C(F)(F)F)ccc21. The van der Waals surface area contributed by atoms with Crippen LogP contribution in [0.4, 0.5) is 13.2 Å². The number of hydrogen-bond acceptors (Lipinski definition) is 4. The number of nitrogens with one attached hydrogen (secondary N) is 1. The number of aromatic nitrogens is 2. The van der Waals surface area contributed by atoms with Gasteiger partial charge >= 0.3 is 12.1 Å². The predicted molar refractivity (Wildman–Crippen MR) is 82.6 cm³/mol. The Bertz CT molecular complexity index is 1000. The lowest BCUT2D eigenvalue weighted by Gasteiger charge is -2.07. The van der Waals surface area contributed by atoms with Gasteiger partial charge in [0.1, 0.15) is 5.69 Å². The van der Waals surface area contributed by atoms with E-state index < -0.39 is 23.6 Å². The fraction of sp³-hybridized carbons (Fsp3) is 0.188. The summed E-state index contributed by atoms with van der Waals surface area (Å²) in [5, 5.41) is 11.7. The van der Waals surface area contributed by atoms with E-state index in [2.05, 4.69) is 10.3 Å². The van der Waals surface area contributed by atoms with E-state index in [1.807, 2.05) is 0 Å². The maximum Gasteiger partial charge on any atom is 0.416 e. The van der Waals surface area contributed by atoms with Crippen LogP contribution in [0.5, 0.6) is 0 Å². The summed E-state index contributed by atoms with van der Waals surface area (Å²) in [6, 6.07) is 4.52. The molecule has 2 N–H and O–H groups in total. The van der Waals surface area contributed by atoms with Crippen LogP contribution in [0.3, 0.4) is 0 Å². The van der Waals surface area contributed by atoms with Crippen LogP contribution in [0.2, 0.25) is 0 Å². The molecule has 0 saturated heterocycles. The number of hydrogen-bond donors (Lipinski definition) is 2. The largest absolute Gasteiger partial charge is 0.476 e. The van der Waals surface area contributed by atoms with E-state index in [4.69, 9.17) is 9.52 Å². The Hall–Kier alpha value is -3.30. The Morgan fingerprint density at radius 3 is 2.69 bits per heavy atom. The average Bonchev–Trinajstić information content (AvgIpc) is 3.16. The van der Waals surface area contributed by atoms with Crippen LogP contribution in [-0.4, -0.2) is 26.5 Å². The number of amides is 1. The molecule has 0 saturated carbocycles. The Labute approximate surface area is 144 Å². The highest BCUT2D eigenvalue weighted by Crippen LogP contribution is 2.32. The van der Waals surface area contributed by atoms with E-state index in [0.717, 1.165) is 18.5 Å². The number of benzene rings is 1. The average molecular weight is 367 g/mol. The van der Waals surface area contributed by atoms with Crippen molar-refractivity contribution >= 4 is 22.8 Å². The van der Waals surface area contributed by atoms with Crippen molar-refractivity contribution in [2.24, 2.45) is 7.05 Å². The van der Waals surface area contributed by atoms with E-state index >= 15 is 0 Å². The van der Waals surface area contributed by atoms with Crippen molar-refractivity contribution in [1.29, 1.82) is 0 Å². The van der Waals surface area contributed by atoms with Gasteiger partial charge in [0.05, 0.1) is 12.1 Å². The van der Waals surface area contributed by atoms with E-state index in [1.54, 1.807) is 7.05 Å². The molecule has 0 unspecified atom stereocenters. The smallest absolute Gasteiger partial charge is 0.416 e. The molecule has 0 spiro atoms. The third-order valence-electron chi connectivity index (χ3n) is 3.86. The van der Waals surface area contributed by atoms with Crippen molar-refractivity contribution in [1.82, 2.24) is 14.9 Å². The van der Waals surface area contributed by atoms with Gasteiger partial charge in [-0.3, -0.25) is 4.79 Å². The fourth-order valence-electron chi connectivity index (χ4n) is 2.57. The molecule has 0 aliphatic heterocycles. The third-order valence-corrected chi connectivity index (χ3v) is 3.86. The number of halogens is 3. The second-order valence-corrected chi connectivity index (χ2v) is 5.47. The first-order valence-corrected chi connectivity index (χ1v) is 7.29. The minimum absolute atomic E-state index is 0.0380. The molecule has 0 bridgehead atoms. The van der Waals surface area contributed by atoms with Crippen LogP contribution < -0.4 is 5.32 Å². The van der Waals surface area contributed by atoms with E-state index in [-0.39, 0.29) is 29.1 Å². The molecule has 10 heteroatoms. The number of carboxylic acids is 1. The fourth-order valence-corrected chi connectivity index (χ4v) is 2.57. The Morgan fingerprint density at radius 1 is 1.31 bits per heavy atom. The zero-order valence-corrected chi connectivity index (χ0v) is 13.3. The normalized spacial score (nSPS) is 11.7. The molecular weight excluding hydrogens is 355 g/mol. The Morgan fingerprint density at radius 2 is 2.04 bits per heavy atom. The lowest BCUT2D eigenvalue weighted by Crippen LogP contribution is -2.25. The lowest BCUT2D eigenvalue weighted by molar-refractivity contribution is -0.137. The van der Waals surface area contributed by atoms with Crippen LogP contribution in [0.1, 0.15) is 32.3 Å². The second-order valence-electron chi connectivity index (χ2n) is 5.47. The maximum atomic E-state index is 12.8. The molecule has 2 heterocycles. The van der Waals surface area contributed by atoms with Crippen molar-refractivity contribution in [3.8, 4) is 0 Å². The van der Waals surface area contributed by atoms with Crippen molar-refractivity contribution in [2.45, 2.75) is 12.7 Å². The van der Waals surface area contributed by atoms with E-state index in [0.29, 0.717) is 5.52 Å². The summed E-state index contributed by atoms with van der Waals surface area (Å²) >= 11 is 0. The molecular formula is C16H12F3N3O4. The number of fused-ring (bicyclic) bond motifs is 1. The quantitative estimate of drug-likeness (QED) is 0.739. The van der Waals surface area contributed by atoms with Crippen molar-refractivity contribution in [3.05, 3.63) is 53.4 Å². The highest BCUT2D eigenvalue weighted by atomic mass is 19.4. The minimum atomic E-state index is -4.48. The standard InChI is InChI=1S/C16H12F3N3O4/c1-22-10-3-2-9(16(17,18)19)4-8(10)5-11(22)14(23)20-6-12-13(15(24)25)21-7-26-12/h2-5,7H,6H2,1H3,(H,20,23)(H,24,25). The molecule has 1 amide bonds. The van der Waals surface area contributed by atoms with Crippen molar-refractivity contribution in [3.63, 3.8) is 0 Å². The van der Waals surface area contributed by atoms with Gasteiger partial charge in [-0.05, 0) is 24.3 Å². The second kappa shape index (κ2) is 6.21. The lowest BCUT2D eigenvalue weighted by atomic mass is 10.1. The number of nitrogens with zero attached hydrogens (tertiary/aromatic N) is 2. The molecule has 3 aromatic rings. The summed E-state index contributed by atoms with van der Waals surface area (Å²) in [6.45, 7) is -0.226. The number of rotatable bonds is 4. The van der Waals surface area contributed by atoms with Crippen molar-refractivity contribution in [2.75, 3.05) is 0 Å². The van der Waals surface area contributed by atoms with Gasteiger partial charge in [0.15, 0.2) is 17.8 Å². The molecule has 0 aliphatic carbocycles. The number of oxazole rings is 1. The zero-order valence-electron chi connectivity index (χ0n) is 13.3. The summed E-state index contributed by atoms with van der Waals surface area (Å²) in [5.74, 6) is -1.93. The van der Waals surface area contributed by atoms with Gasteiger partial charge in [0, 0.05) is 18.0 Å². The predicted octanol–water partition coefficient (Wildman–Crippen LogP) is 2.81. The van der Waals surface area contributed by atoms with E-state index in [9.17, 15) is 22.8 Å². The molecule has 7 nitrogen and oxygen atoms in total. The molecule has 0 atom stereocenters. The van der Waals surface area contributed by atoms with Gasteiger partial charge in [-0.2, -0.15) is 13.2 Å². The number of carboxylic acid groups (broad SMARTS) is 1. The summed E-state index contributed by atoms with van der Waals surface area (Å²) in [6.07, 6.45) is -3.54. The molecule has 2 aromatic heterocycles. The van der Waals surface area contributed by atoms with Crippen LogP contribution in [0.15, 0.2) is 35.1 Å². The highest BCUT2D eigenvalue weighted by molar-refractivity contribution is 5.99. The zero-order chi connectivity index (χ0) is 19.1. The molecule has 1 aromatic carbocycles. The topological polar surface area (TPSA) is 97.4 Å². The number of aromatic carboxylic acids is 1. The monoisotopic (exact) mass is 367 g/mol. The van der Waals surface area contributed by atoms with Crippen LogP contribution in [0.25, 0.3) is 10.9 Å². The summed E-state index contributed by atoms with van der Waals surface area (Å²) < 4.78 is 44.8. The van der Waals surface area contributed by atoms with Gasteiger partial charge in [-0.15, -0.1) is 0 Å². The first-order valence-electron chi connectivity index (χ1n) is 7.29. The minimum Gasteiger partial charge on any atom is -0.476 e. The number of carbonyl (C=O) groups excluding carboxylic acids is 1. The van der Waals surface area contributed by atoms with Crippen LogP contribution in [0, 0.1) is 0 Å². The molecule has 136 valence electrons. The highest BCUT2D eigenvalue weighted by Gasteiger charge is 2.31. The molecule has 0 fully saturated rings. The molecule has 0 radical (unpaired) electrons. The Kier molecular flexibility index (Phi) is 4.18. The maximum absolute atomic E-state index is 12.8. The van der Waals surface area contributed by atoms with Gasteiger partial charge in [-0.25, -0.2) is 9.78 Å². The molecule has 3 rings (SSSR count). The van der Waals surface area contributed by atoms with Gasteiger partial charge in [0.25, 0.3) is 5.91 Å². The number of alkyl halides is 3. The van der Waals surface area contributed by atoms with Gasteiger partial charge in [-0.1, -0.05) is 0 Å². The van der Waals surface area contributed by atoms with Gasteiger partial charge in [0.2, 0.25) is 0 Å². The summed E-state index contributed by atoms with van der Waals surface area (Å²) in [4.78, 5) is 26.8. The van der Waals surface area contributed by atoms with Crippen LogP contribution in [-0.2, 0) is 19.8 Å². The third kappa shape index (κ3) is 3.13. The number of carbonyl (C=O) groups is 2. The Balaban J connectivity index is 1.85. The van der Waals surface area contributed by atoms with Gasteiger partial charge < -0.3 is 19.4 Å². The van der Waals surface area contributed by atoms with E-state index in [1.165, 1.54) is 16.7 Å². The first kappa shape index (κ1) is 17.5. The summed E-state index contributed by atoms with van der Waals surface area (Å²) in [7, 11) is 1.54. The first-order chi connectivity index (χ1) is 12.2. The molecule has 26 heavy (non-hydrogen) atoms. The number of aryl methyl sites for hydroxylation is 1.